The molecule has 3 N–H and O–H groups in total. The Morgan fingerprint density at radius 1 is 0.750 bits per heavy atom. The summed E-state index contributed by atoms with van der Waals surface area (Å²) in [5.41, 5.74) is 3.67. The second kappa shape index (κ2) is 12.5. The van der Waals surface area contributed by atoms with Crippen molar-refractivity contribution >= 4 is 34.8 Å². The molecule has 3 aromatic rings. The predicted molar refractivity (Wildman–Crippen MR) is 140 cm³/mol. The second-order valence-electron chi connectivity index (χ2n) is 8.50. The number of benzene rings is 3. The monoisotopic (exact) mass is 486 g/mol. The Labute approximate surface area is 210 Å². The highest BCUT2D eigenvalue weighted by Gasteiger charge is 2.18. The SMILES string of the molecule is O=C(CCc1ccccc1)Nc1ccc(NCC(=O)Nc2cccc(C(=O)N3CCOCC3)c2)cc1. The first-order chi connectivity index (χ1) is 17.6. The van der Waals surface area contributed by atoms with Gasteiger partial charge < -0.3 is 25.6 Å². The number of aryl methyl sites for hydroxylation is 1. The summed E-state index contributed by atoms with van der Waals surface area (Å²) in [4.78, 5) is 39.0. The number of hydrogen-bond acceptors (Lipinski definition) is 5. The standard InChI is InChI=1S/C28H30N4O4/c33-26(14-9-21-5-2-1-3-6-21)30-24-12-10-23(11-13-24)29-20-27(34)31-25-8-4-7-22(19-25)28(35)32-15-17-36-18-16-32/h1-8,10-13,19,29H,9,14-18,20H2,(H,30,33)(H,31,34). The minimum Gasteiger partial charge on any atom is -0.378 e. The molecule has 1 fully saturated rings. The van der Waals surface area contributed by atoms with Crippen LogP contribution in [0.15, 0.2) is 78.9 Å². The maximum Gasteiger partial charge on any atom is 0.254 e. The molecule has 0 bridgehead atoms. The summed E-state index contributed by atoms with van der Waals surface area (Å²) in [6, 6.07) is 24.0. The van der Waals surface area contributed by atoms with Gasteiger partial charge in [-0.1, -0.05) is 36.4 Å². The van der Waals surface area contributed by atoms with E-state index in [4.69, 9.17) is 4.74 Å². The molecule has 0 aliphatic carbocycles. The van der Waals surface area contributed by atoms with E-state index in [9.17, 15) is 14.4 Å². The number of carbonyl (C=O) groups excluding carboxylic acids is 3. The molecule has 3 amide bonds. The second-order valence-corrected chi connectivity index (χ2v) is 8.50. The number of carbonyl (C=O) groups is 3. The largest absolute Gasteiger partial charge is 0.378 e. The molecule has 0 spiro atoms. The molecule has 8 heteroatoms. The lowest BCUT2D eigenvalue weighted by molar-refractivity contribution is -0.116. The fraction of sp³-hybridized carbons (Fsp3) is 0.250. The quantitative estimate of drug-likeness (QED) is 0.428. The number of anilines is 3. The van der Waals surface area contributed by atoms with Gasteiger partial charge in [0.15, 0.2) is 0 Å². The van der Waals surface area contributed by atoms with Crippen LogP contribution in [0.5, 0.6) is 0 Å². The number of nitrogens with one attached hydrogen (secondary N) is 3. The van der Waals surface area contributed by atoms with Gasteiger partial charge in [-0.25, -0.2) is 0 Å². The van der Waals surface area contributed by atoms with E-state index in [1.54, 1.807) is 41.3 Å². The van der Waals surface area contributed by atoms with Crippen LogP contribution in [0.1, 0.15) is 22.3 Å². The minimum absolute atomic E-state index is 0.0479. The van der Waals surface area contributed by atoms with Gasteiger partial charge in [0, 0.05) is 42.1 Å². The van der Waals surface area contributed by atoms with Gasteiger partial charge in [-0.15, -0.1) is 0 Å². The third-order valence-corrected chi connectivity index (χ3v) is 5.80. The summed E-state index contributed by atoms with van der Waals surface area (Å²) in [6.07, 6.45) is 1.09. The van der Waals surface area contributed by atoms with Gasteiger partial charge in [0.05, 0.1) is 19.8 Å². The first-order valence-corrected chi connectivity index (χ1v) is 12.0. The number of nitrogens with zero attached hydrogens (tertiary/aromatic N) is 1. The first-order valence-electron chi connectivity index (χ1n) is 12.0. The van der Waals surface area contributed by atoms with Crippen molar-refractivity contribution in [3.05, 3.63) is 90.0 Å². The van der Waals surface area contributed by atoms with Crippen molar-refractivity contribution in [3.8, 4) is 0 Å². The number of ether oxygens (including phenoxy) is 1. The van der Waals surface area contributed by atoms with Crippen LogP contribution in [0.2, 0.25) is 0 Å². The fourth-order valence-corrected chi connectivity index (χ4v) is 3.86. The molecular weight excluding hydrogens is 456 g/mol. The third kappa shape index (κ3) is 7.41. The molecule has 4 rings (SSSR count). The van der Waals surface area contributed by atoms with Crippen LogP contribution >= 0.6 is 0 Å². The van der Waals surface area contributed by atoms with E-state index >= 15 is 0 Å². The molecule has 1 aliphatic rings. The summed E-state index contributed by atoms with van der Waals surface area (Å²) in [6.45, 7) is 2.26. The summed E-state index contributed by atoms with van der Waals surface area (Å²) in [7, 11) is 0. The van der Waals surface area contributed by atoms with E-state index in [0.29, 0.717) is 56.1 Å². The molecular formula is C28H30N4O4. The van der Waals surface area contributed by atoms with Gasteiger partial charge in [-0.05, 0) is 54.4 Å². The normalized spacial score (nSPS) is 13.1. The van der Waals surface area contributed by atoms with Crippen LogP contribution in [0.4, 0.5) is 17.1 Å². The zero-order chi connectivity index (χ0) is 25.2. The topological polar surface area (TPSA) is 99.8 Å². The Kier molecular flexibility index (Phi) is 8.67. The van der Waals surface area contributed by atoms with Gasteiger partial charge in [0.1, 0.15) is 0 Å². The van der Waals surface area contributed by atoms with Crippen molar-refractivity contribution in [3.63, 3.8) is 0 Å². The molecule has 0 aromatic heterocycles. The molecule has 0 atom stereocenters. The Hall–Kier alpha value is -4.17. The molecule has 1 heterocycles. The predicted octanol–water partition coefficient (Wildman–Crippen LogP) is 3.78. The number of rotatable bonds is 9. The molecule has 36 heavy (non-hydrogen) atoms. The first kappa shape index (κ1) is 24.9. The van der Waals surface area contributed by atoms with Gasteiger partial charge in [-0.3, -0.25) is 14.4 Å². The van der Waals surface area contributed by atoms with Crippen molar-refractivity contribution in [2.24, 2.45) is 0 Å². The zero-order valence-electron chi connectivity index (χ0n) is 20.0. The maximum absolute atomic E-state index is 12.7. The highest BCUT2D eigenvalue weighted by atomic mass is 16.5. The Bertz CT molecular complexity index is 1180. The lowest BCUT2D eigenvalue weighted by Crippen LogP contribution is -2.40. The fourth-order valence-electron chi connectivity index (χ4n) is 3.86. The summed E-state index contributed by atoms with van der Waals surface area (Å²) >= 11 is 0. The van der Waals surface area contributed by atoms with E-state index in [1.807, 2.05) is 42.5 Å². The molecule has 0 unspecified atom stereocenters. The van der Waals surface area contributed by atoms with Crippen LogP contribution in [-0.4, -0.2) is 55.5 Å². The number of amides is 3. The summed E-state index contributed by atoms with van der Waals surface area (Å²) in [5.74, 6) is -0.350. The van der Waals surface area contributed by atoms with Crippen molar-refractivity contribution in [1.29, 1.82) is 0 Å². The Morgan fingerprint density at radius 3 is 2.19 bits per heavy atom. The average Bonchev–Trinajstić information content (AvgIpc) is 2.92. The van der Waals surface area contributed by atoms with Gasteiger partial charge in [0.25, 0.3) is 5.91 Å². The van der Waals surface area contributed by atoms with Gasteiger partial charge >= 0.3 is 0 Å². The highest BCUT2D eigenvalue weighted by molar-refractivity contribution is 5.98. The summed E-state index contributed by atoms with van der Waals surface area (Å²) < 4.78 is 5.30. The number of hydrogen-bond donors (Lipinski definition) is 3. The molecule has 8 nitrogen and oxygen atoms in total. The Balaban J connectivity index is 1.21. The summed E-state index contributed by atoms with van der Waals surface area (Å²) in [5, 5.41) is 8.78. The molecule has 186 valence electrons. The van der Waals surface area contributed by atoms with E-state index in [2.05, 4.69) is 16.0 Å². The van der Waals surface area contributed by atoms with Crippen molar-refractivity contribution in [2.75, 3.05) is 48.8 Å². The number of morpholine rings is 1. The van der Waals surface area contributed by atoms with Crippen LogP contribution in [0.3, 0.4) is 0 Å². The molecule has 0 radical (unpaired) electrons. The van der Waals surface area contributed by atoms with Crippen molar-refractivity contribution in [2.45, 2.75) is 12.8 Å². The average molecular weight is 487 g/mol. The smallest absolute Gasteiger partial charge is 0.254 e. The van der Waals surface area contributed by atoms with Gasteiger partial charge in [0.2, 0.25) is 11.8 Å². The minimum atomic E-state index is -0.232. The highest BCUT2D eigenvalue weighted by Crippen LogP contribution is 2.16. The van der Waals surface area contributed by atoms with E-state index in [-0.39, 0.29) is 24.3 Å². The third-order valence-electron chi connectivity index (χ3n) is 5.80. The Morgan fingerprint density at radius 2 is 1.44 bits per heavy atom. The lowest BCUT2D eigenvalue weighted by atomic mass is 10.1. The van der Waals surface area contributed by atoms with Crippen LogP contribution < -0.4 is 16.0 Å². The van der Waals surface area contributed by atoms with Crippen LogP contribution in [-0.2, 0) is 20.7 Å². The van der Waals surface area contributed by atoms with Crippen molar-refractivity contribution in [1.82, 2.24) is 4.90 Å². The zero-order valence-corrected chi connectivity index (χ0v) is 20.0. The van der Waals surface area contributed by atoms with Crippen molar-refractivity contribution < 1.29 is 19.1 Å². The molecule has 3 aromatic carbocycles. The molecule has 0 saturated carbocycles. The van der Waals surface area contributed by atoms with E-state index < -0.39 is 0 Å². The van der Waals surface area contributed by atoms with Gasteiger partial charge in [-0.2, -0.15) is 0 Å². The van der Waals surface area contributed by atoms with E-state index in [1.165, 1.54) is 0 Å². The van der Waals surface area contributed by atoms with E-state index in [0.717, 1.165) is 11.3 Å². The lowest BCUT2D eigenvalue weighted by Gasteiger charge is -2.27. The van der Waals surface area contributed by atoms with Crippen LogP contribution in [0, 0.1) is 0 Å². The molecule has 1 saturated heterocycles. The van der Waals surface area contributed by atoms with Crippen LogP contribution in [0.25, 0.3) is 0 Å². The molecule has 1 aliphatic heterocycles. The maximum atomic E-state index is 12.7.